The summed E-state index contributed by atoms with van der Waals surface area (Å²) in [5.41, 5.74) is 1.60. The fourth-order valence-corrected chi connectivity index (χ4v) is 2.88. The molecule has 148 valence electrons. The summed E-state index contributed by atoms with van der Waals surface area (Å²) in [7, 11) is 3.12. The van der Waals surface area contributed by atoms with Gasteiger partial charge in [0.05, 0.1) is 19.9 Å². The van der Waals surface area contributed by atoms with Gasteiger partial charge in [0.2, 0.25) is 5.91 Å². The number of nitriles is 1. The van der Waals surface area contributed by atoms with Crippen LogP contribution in [0.5, 0.6) is 11.5 Å². The Morgan fingerprint density at radius 1 is 1.21 bits per heavy atom. The zero-order valence-electron chi connectivity index (χ0n) is 16.3. The van der Waals surface area contributed by atoms with Gasteiger partial charge in [-0.25, -0.2) is 9.97 Å². The zero-order chi connectivity index (χ0) is 20.5. The molecule has 8 nitrogen and oxygen atoms in total. The Morgan fingerprint density at radius 3 is 2.57 bits per heavy atom. The van der Waals surface area contributed by atoms with Crippen molar-refractivity contribution in [1.82, 2.24) is 15.3 Å². The van der Waals surface area contributed by atoms with E-state index in [0.717, 1.165) is 5.56 Å². The summed E-state index contributed by atoms with van der Waals surface area (Å²) in [5, 5.41) is 16.2. The Labute approximate surface area is 168 Å². The number of amides is 1. The molecule has 0 atom stereocenters. The zero-order valence-corrected chi connectivity index (χ0v) is 17.1. The van der Waals surface area contributed by atoms with Gasteiger partial charge in [0.25, 0.3) is 0 Å². The van der Waals surface area contributed by atoms with Crippen LogP contribution in [0, 0.1) is 11.3 Å². The normalized spacial score (nSPS) is 10.1. The summed E-state index contributed by atoms with van der Waals surface area (Å²) in [4.78, 5) is 19.9. The lowest BCUT2D eigenvalue weighted by molar-refractivity contribution is -0.118. The van der Waals surface area contributed by atoms with Crippen molar-refractivity contribution in [3.05, 3.63) is 23.8 Å². The molecule has 1 aromatic heterocycles. The molecule has 0 aliphatic heterocycles. The molecular formula is C19H23N5O3S. The second kappa shape index (κ2) is 10.4. The highest BCUT2D eigenvalue weighted by molar-refractivity contribution is 7.98. The monoisotopic (exact) mass is 401 g/mol. The number of benzene rings is 1. The maximum atomic E-state index is 10.9. The van der Waals surface area contributed by atoms with Crippen molar-refractivity contribution in [2.45, 2.75) is 18.5 Å². The molecule has 0 spiro atoms. The van der Waals surface area contributed by atoms with E-state index in [0.29, 0.717) is 53.2 Å². The van der Waals surface area contributed by atoms with E-state index in [4.69, 9.17) is 9.47 Å². The van der Waals surface area contributed by atoms with Crippen LogP contribution in [-0.4, -0.2) is 49.4 Å². The molecule has 0 saturated heterocycles. The SMILES string of the molecule is COc1ccc(-c2nc(SC)nc(NCCCNC(C)=O)c2C#N)cc1OC. The smallest absolute Gasteiger partial charge is 0.216 e. The molecule has 2 rings (SSSR count). The molecule has 2 aromatic rings. The minimum Gasteiger partial charge on any atom is -0.493 e. The number of rotatable bonds is 9. The molecule has 0 aliphatic rings. The van der Waals surface area contributed by atoms with Crippen LogP contribution in [0.3, 0.4) is 0 Å². The first kappa shape index (κ1) is 21.3. The average molecular weight is 401 g/mol. The van der Waals surface area contributed by atoms with Gasteiger partial charge in [0.15, 0.2) is 16.7 Å². The Hall–Kier alpha value is -2.99. The molecule has 1 heterocycles. The van der Waals surface area contributed by atoms with Crippen molar-refractivity contribution in [1.29, 1.82) is 5.26 Å². The minimum absolute atomic E-state index is 0.0693. The van der Waals surface area contributed by atoms with Crippen LogP contribution in [0.25, 0.3) is 11.3 Å². The van der Waals surface area contributed by atoms with Gasteiger partial charge in [-0.15, -0.1) is 0 Å². The molecule has 2 N–H and O–H groups in total. The van der Waals surface area contributed by atoms with E-state index >= 15 is 0 Å². The molecular weight excluding hydrogens is 378 g/mol. The highest BCUT2D eigenvalue weighted by Crippen LogP contribution is 2.34. The third-order valence-corrected chi connectivity index (χ3v) is 4.41. The number of nitrogens with one attached hydrogen (secondary N) is 2. The van der Waals surface area contributed by atoms with Gasteiger partial charge in [0, 0.05) is 25.6 Å². The average Bonchev–Trinajstić information content (AvgIpc) is 2.71. The molecule has 1 aromatic carbocycles. The lowest BCUT2D eigenvalue weighted by Gasteiger charge is -2.14. The van der Waals surface area contributed by atoms with Gasteiger partial charge < -0.3 is 20.1 Å². The number of thioether (sulfide) groups is 1. The Bertz CT molecular complexity index is 883. The number of hydrogen-bond acceptors (Lipinski definition) is 8. The van der Waals surface area contributed by atoms with Crippen LogP contribution in [0.15, 0.2) is 23.4 Å². The first-order chi connectivity index (χ1) is 13.5. The second-order valence-corrected chi connectivity index (χ2v) is 6.50. The molecule has 0 fully saturated rings. The molecule has 0 aliphatic carbocycles. The van der Waals surface area contributed by atoms with E-state index in [1.807, 2.05) is 12.3 Å². The number of hydrogen-bond donors (Lipinski definition) is 2. The maximum Gasteiger partial charge on any atom is 0.216 e. The highest BCUT2D eigenvalue weighted by Gasteiger charge is 2.17. The third kappa shape index (κ3) is 5.27. The molecule has 0 bridgehead atoms. The van der Waals surface area contributed by atoms with Gasteiger partial charge in [-0.2, -0.15) is 5.26 Å². The number of carbonyl (C=O) groups excluding carboxylic acids is 1. The van der Waals surface area contributed by atoms with Crippen LogP contribution < -0.4 is 20.1 Å². The van der Waals surface area contributed by atoms with E-state index in [1.54, 1.807) is 26.4 Å². The van der Waals surface area contributed by atoms with Crippen molar-refractivity contribution < 1.29 is 14.3 Å². The summed E-state index contributed by atoms with van der Waals surface area (Å²) in [6.45, 7) is 2.59. The molecule has 28 heavy (non-hydrogen) atoms. The lowest BCUT2D eigenvalue weighted by atomic mass is 10.1. The number of methoxy groups -OCH3 is 2. The van der Waals surface area contributed by atoms with Crippen LogP contribution in [0.1, 0.15) is 18.9 Å². The molecule has 0 radical (unpaired) electrons. The van der Waals surface area contributed by atoms with Crippen molar-refractivity contribution >= 4 is 23.5 Å². The predicted molar refractivity (Wildman–Crippen MR) is 109 cm³/mol. The largest absolute Gasteiger partial charge is 0.493 e. The van der Waals surface area contributed by atoms with Crippen LogP contribution >= 0.6 is 11.8 Å². The predicted octanol–water partition coefficient (Wildman–Crippen LogP) is 2.69. The number of aromatic nitrogens is 2. The number of nitrogens with zero attached hydrogens (tertiary/aromatic N) is 3. The van der Waals surface area contributed by atoms with Crippen LogP contribution in [0.2, 0.25) is 0 Å². The van der Waals surface area contributed by atoms with E-state index < -0.39 is 0 Å². The van der Waals surface area contributed by atoms with E-state index in [1.165, 1.54) is 18.7 Å². The first-order valence-corrected chi connectivity index (χ1v) is 9.83. The third-order valence-electron chi connectivity index (χ3n) is 3.86. The van der Waals surface area contributed by atoms with E-state index in [9.17, 15) is 10.1 Å². The van der Waals surface area contributed by atoms with E-state index in [2.05, 4.69) is 26.7 Å². The molecule has 1 amide bonds. The van der Waals surface area contributed by atoms with Crippen molar-refractivity contribution in [2.24, 2.45) is 0 Å². The molecule has 9 heteroatoms. The van der Waals surface area contributed by atoms with Crippen LogP contribution in [0.4, 0.5) is 5.82 Å². The summed E-state index contributed by atoms with van der Waals surface area (Å²) in [5.74, 6) is 1.55. The lowest BCUT2D eigenvalue weighted by Crippen LogP contribution is -2.23. The maximum absolute atomic E-state index is 10.9. The van der Waals surface area contributed by atoms with Gasteiger partial charge in [-0.05, 0) is 30.9 Å². The fourth-order valence-electron chi connectivity index (χ4n) is 2.52. The van der Waals surface area contributed by atoms with Crippen molar-refractivity contribution in [2.75, 3.05) is 38.9 Å². The minimum atomic E-state index is -0.0693. The summed E-state index contributed by atoms with van der Waals surface area (Å²) in [6.07, 6.45) is 2.58. The standard InChI is InChI=1S/C19H23N5O3S/c1-12(25)21-8-5-9-22-18-14(11-20)17(23-19(24-18)28-4)13-6-7-15(26-2)16(10-13)27-3/h6-7,10H,5,8-9H2,1-4H3,(H,21,25)(H,22,23,24). The van der Waals surface area contributed by atoms with E-state index in [-0.39, 0.29) is 5.91 Å². The Kier molecular flexibility index (Phi) is 7.89. The number of ether oxygens (including phenoxy) is 2. The quantitative estimate of drug-likeness (QED) is 0.375. The molecule has 0 unspecified atom stereocenters. The van der Waals surface area contributed by atoms with Gasteiger partial charge in [-0.1, -0.05) is 11.8 Å². The van der Waals surface area contributed by atoms with Crippen molar-refractivity contribution in [3.63, 3.8) is 0 Å². The summed E-state index contributed by atoms with van der Waals surface area (Å²) < 4.78 is 10.6. The highest BCUT2D eigenvalue weighted by atomic mass is 32.2. The Morgan fingerprint density at radius 2 is 1.96 bits per heavy atom. The Balaban J connectivity index is 2.36. The van der Waals surface area contributed by atoms with Gasteiger partial charge >= 0.3 is 0 Å². The summed E-state index contributed by atoms with van der Waals surface area (Å²) in [6, 6.07) is 7.59. The number of carbonyl (C=O) groups is 1. The fraction of sp³-hybridized carbons (Fsp3) is 0.368. The van der Waals surface area contributed by atoms with Gasteiger partial charge in [-0.3, -0.25) is 4.79 Å². The topological polar surface area (TPSA) is 109 Å². The molecule has 0 saturated carbocycles. The first-order valence-electron chi connectivity index (χ1n) is 8.60. The van der Waals surface area contributed by atoms with Crippen molar-refractivity contribution in [3.8, 4) is 28.8 Å². The number of anilines is 1. The second-order valence-electron chi connectivity index (χ2n) is 5.73. The summed E-state index contributed by atoms with van der Waals surface area (Å²) >= 11 is 1.39. The van der Waals surface area contributed by atoms with Crippen LogP contribution in [-0.2, 0) is 4.79 Å². The van der Waals surface area contributed by atoms with Gasteiger partial charge in [0.1, 0.15) is 17.5 Å².